The monoisotopic (exact) mass is 378 g/mol. The van der Waals surface area contributed by atoms with Crippen LogP contribution in [0, 0.1) is 11.8 Å². The summed E-state index contributed by atoms with van der Waals surface area (Å²) in [6.45, 7) is 10.2. The highest BCUT2D eigenvalue weighted by atomic mass is 35.5. The molecule has 0 spiro atoms. The number of carbonyl (C=O) groups excluding carboxylic acids is 1. The van der Waals surface area contributed by atoms with Crippen molar-refractivity contribution in [2.45, 2.75) is 32.7 Å². The van der Waals surface area contributed by atoms with E-state index in [4.69, 9.17) is 11.6 Å². The number of hydrogen-bond acceptors (Lipinski definition) is 3. The Balaban J connectivity index is 1.33. The number of benzene rings is 1. The molecule has 0 aliphatic carbocycles. The molecule has 0 aromatic heterocycles. The van der Waals surface area contributed by atoms with Crippen LogP contribution in [0.2, 0.25) is 5.02 Å². The first-order valence-electron chi connectivity index (χ1n) is 9.77. The molecule has 3 rings (SSSR count). The highest BCUT2D eigenvalue weighted by molar-refractivity contribution is 6.30. The third-order valence-corrected chi connectivity index (χ3v) is 5.88. The Morgan fingerprint density at radius 2 is 1.69 bits per heavy atom. The summed E-state index contributed by atoms with van der Waals surface area (Å²) in [7, 11) is 0. The van der Waals surface area contributed by atoms with Crippen molar-refractivity contribution >= 4 is 23.3 Å². The van der Waals surface area contributed by atoms with E-state index in [0.29, 0.717) is 17.9 Å². The van der Waals surface area contributed by atoms with Crippen molar-refractivity contribution < 1.29 is 4.79 Å². The van der Waals surface area contributed by atoms with E-state index in [-0.39, 0.29) is 6.03 Å². The number of hydrogen-bond donors (Lipinski definition) is 2. The lowest BCUT2D eigenvalue weighted by atomic mass is 10.1. The Hall–Kier alpha value is -1.46. The predicted octanol–water partition coefficient (Wildman–Crippen LogP) is 3.20. The number of carbonyl (C=O) groups is 1. The largest absolute Gasteiger partial charge is 0.371 e. The molecule has 2 atom stereocenters. The van der Waals surface area contributed by atoms with Gasteiger partial charge in [-0.3, -0.25) is 0 Å². The molecular formula is C20H31ClN4O. The van der Waals surface area contributed by atoms with Gasteiger partial charge in [0.1, 0.15) is 0 Å². The number of urea groups is 1. The zero-order valence-corrected chi connectivity index (χ0v) is 16.6. The maximum Gasteiger partial charge on any atom is 0.314 e. The van der Waals surface area contributed by atoms with Crippen LogP contribution in [-0.2, 0) is 0 Å². The molecule has 2 fully saturated rings. The second kappa shape index (κ2) is 8.96. The number of halogens is 1. The summed E-state index contributed by atoms with van der Waals surface area (Å²) in [4.78, 5) is 16.9. The fraction of sp³-hybridized carbons (Fsp3) is 0.650. The topological polar surface area (TPSA) is 47.6 Å². The minimum atomic E-state index is -0.0297. The highest BCUT2D eigenvalue weighted by Gasteiger charge is 2.25. The molecule has 26 heavy (non-hydrogen) atoms. The van der Waals surface area contributed by atoms with Crippen LogP contribution in [0.4, 0.5) is 10.5 Å². The zero-order valence-electron chi connectivity index (χ0n) is 15.9. The number of nitrogens with one attached hydrogen (secondary N) is 2. The second-order valence-corrected chi connectivity index (χ2v) is 8.35. The van der Waals surface area contributed by atoms with E-state index in [1.54, 1.807) is 0 Å². The molecule has 0 unspecified atom stereocenters. The SMILES string of the molecule is CC(C)N1CC[C@@H](CNC(=O)NC[C@@H]2CCN(c3ccc(Cl)cc3)C2)C1. The lowest BCUT2D eigenvalue weighted by molar-refractivity contribution is 0.235. The molecule has 2 aliphatic rings. The van der Waals surface area contributed by atoms with Crippen molar-refractivity contribution in [3.8, 4) is 0 Å². The fourth-order valence-corrected chi connectivity index (χ4v) is 4.05. The summed E-state index contributed by atoms with van der Waals surface area (Å²) in [6.07, 6.45) is 2.28. The van der Waals surface area contributed by atoms with Crippen molar-refractivity contribution in [2.75, 3.05) is 44.2 Å². The maximum absolute atomic E-state index is 12.1. The predicted molar refractivity (Wildman–Crippen MR) is 108 cm³/mol. The van der Waals surface area contributed by atoms with Gasteiger partial charge in [-0.25, -0.2) is 4.79 Å². The Bertz CT molecular complexity index is 592. The number of amides is 2. The summed E-state index contributed by atoms with van der Waals surface area (Å²) in [5.41, 5.74) is 1.21. The van der Waals surface area contributed by atoms with E-state index >= 15 is 0 Å². The van der Waals surface area contributed by atoms with E-state index in [0.717, 1.165) is 50.7 Å². The average Bonchev–Trinajstić information content (AvgIpc) is 3.28. The van der Waals surface area contributed by atoms with Gasteiger partial charge < -0.3 is 20.4 Å². The van der Waals surface area contributed by atoms with Crippen LogP contribution in [-0.4, -0.2) is 56.2 Å². The first kappa shape index (κ1) is 19.3. The number of likely N-dealkylation sites (tertiary alicyclic amines) is 1. The van der Waals surface area contributed by atoms with Crippen molar-refractivity contribution in [3.05, 3.63) is 29.3 Å². The van der Waals surface area contributed by atoms with Gasteiger partial charge in [-0.1, -0.05) is 11.6 Å². The van der Waals surface area contributed by atoms with Crippen LogP contribution >= 0.6 is 11.6 Å². The third kappa shape index (κ3) is 5.27. The molecule has 0 saturated carbocycles. The lowest BCUT2D eigenvalue weighted by Crippen LogP contribution is -2.41. The van der Waals surface area contributed by atoms with Crippen LogP contribution in [0.1, 0.15) is 26.7 Å². The van der Waals surface area contributed by atoms with Gasteiger partial charge in [-0.2, -0.15) is 0 Å². The van der Waals surface area contributed by atoms with Gasteiger partial charge in [0, 0.05) is 49.5 Å². The van der Waals surface area contributed by atoms with Crippen LogP contribution in [0.3, 0.4) is 0 Å². The molecule has 5 nitrogen and oxygen atoms in total. The van der Waals surface area contributed by atoms with Crippen LogP contribution in [0.15, 0.2) is 24.3 Å². The highest BCUT2D eigenvalue weighted by Crippen LogP contribution is 2.24. The van der Waals surface area contributed by atoms with E-state index in [1.807, 2.05) is 12.1 Å². The van der Waals surface area contributed by atoms with Crippen LogP contribution < -0.4 is 15.5 Å². The number of nitrogens with zero attached hydrogens (tertiary/aromatic N) is 2. The van der Waals surface area contributed by atoms with Gasteiger partial charge in [0.2, 0.25) is 0 Å². The molecule has 2 amide bonds. The summed E-state index contributed by atoms with van der Waals surface area (Å²) >= 11 is 5.96. The molecule has 1 aromatic rings. The van der Waals surface area contributed by atoms with Gasteiger partial charge in [0.25, 0.3) is 0 Å². The molecule has 2 N–H and O–H groups in total. The van der Waals surface area contributed by atoms with Crippen molar-refractivity contribution in [1.29, 1.82) is 0 Å². The fourth-order valence-electron chi connectivity index (χ4n) is 3.92. The minimum Gasteiger partial charge on any atom is -0.371 e. The van der Waals surface area contributed by atoms with Crippen molar-refractivity contribution in [1.82, 2.24) is 15.5 Å². The zero-order chi connectivity index (χ0) is 18.5. The Kier molecular flexibility index (Phi) is 6.65. The van der Waals surface area contributed by atoms with Gasteiger partial charge in [0.15, 0.2) is 0 Å². The summed E-state index contributed by atoms with van der Waals surface area (Å²) in [5, 5.41) is 6.87. The average molecular weight is 379 g/mol. The normalized spacial score (nSPS) is 23.6. The minimum absolute atomic E-state index is 0.0297. The van der Waals surface area contributed by atoms with E-state index in [9.17, 15) is 4.79 Å². The number of rotatable bonds is 6. The lowest BCUT2D eigenvalue weighted by Gasteiger charge is -2.20. The van der Waals surface area contributed by atoms with Crippen LogP contribution in [0.25, 0.3) is 0 Å². The van der Waals surface area contributed by atoms with Crippen molar-refractivity contribution in [2.24, 2.45) is 11.8 Å². The molecule has 2 aliphatic heterocycles. The quantitative estimate of drug-likeness (QED) is 0.799. The molecule has 0 radical (unpaired) electrons. The van der Waals surface area contributed by atoms with Gasteiger partial charge in [0.05, 0.1) is 0 Å². The molecule has 0 bridgehead atoms. The Labute approximate surface area is 162 Å². The summed E-state index contributed by atoms with van der Waals surface area (Å²) in [5.74, 6) is 1.08. The Morgan fingerprint density at radius 1 is 1.08 bits per heavy atom. The molecule has 2 saturated heterocycles. The molecule has 2 heterocycles. The summed E-state index contributed by atoms with van der Waals surface area (Å²) in [6, 6.07) is 8.55. The number of anilines is 1. The first-order valence-corrected chi connectivity index (χ1v) is 10.2. The van der Waals surface area contributed by atoms with Gasteiger partial charge in [-0.05, 0) is 69.3 Å². The second-order valence-electron chi connectivity index (χ2n) is 7.91. The first-order chi connectivity index (χ1) is 12.5. The van der Waals surface area contributed by atoms with Gasteiger partial charge >= 0.3 is 6.03 Å². The van der Waals surface area contributed by atoms with E-state index < -0.39 is 0 Å². The Morgan fingerprint density at radius 3 is 2.31 bits per heavy atom. The molecule has 144 valence electrons. The third-order valence-electron chi connectivity index (χ3n) is 5.63. The van der Waals surface area contributed by atoms with E-state index in [1.165, 1.54) is 12.1 Å². The smallest absolute Gasteiger partial charge is 0.314 e. The molecular weight excluding hydrogens is 348 g/mol. The van der Waals surface area contributed by atoms with Crippen LogP contribution in [0.5, 0.6) is 0 Å². The van der Waals surface area contributed by atoms with E-state index in [2.05, 4.69) is 46.4 Å². The van der Waals surface area contributed by atoms with Gasteiger partial charge in [-0.15, -0.1) is 0 Å². The maximum atomic E-state index is 12.1. The van der Waals surface area contributed by atoms with Crippen molar-refractivity contribution in [3.63, 3.8) is 0 Å². The summed E-state index contributed by atoms with van der Waals surface area (Å²) < 4.78 is 0. The standard InChI is InChI=1S/C20H31ClN4O/c1-15(2)24-9-7-16(13-24)11-22-20(26)23-12-17-8-10-25(14-17)19-5-3-18(21)4-6-19/h3-6,15-17H,7-14H2,1-2H3,(H2,22,23,26)/t16-,17-/m0/s1. The molecule has 1 aromatic carbocycles. The molecule has 6 heteroatoms.